The number of aryl methyl sites for hydroxylation is 2. The van der Waals surface area contributed by atoms with Gasteiger partial charge in [-0.1, -0.05) is 17.7 Å². The van der Waals surface area contributed by atoms with E-state index in [2.05, 4.69) is 20.4 Å². The van der Waals surface area contributed by atoms with Crippen molar-refractivity contribution in [3.8, 4) is 0 Å². The zero-order chi connectivity index (χ0) is 13.0. The summed E-state index contributed by atoms with van der Waals surface area (Å²) in [7, 11) is 1.81. The highest BCUT2D eigenvalue weighted by Crippen LogP contribution is 2.07. The molecule has 0 aliphatic rings. The molecule has 2 aromatic rings. The molecule has 1 heterocycles. The van der Waals surface area contributed by atoms with Crippen molar-refractivity contribution in [3.63, 3.8) is 0 Å². The number of halogens is 1. The van der Waals surface area contributed by atoms with E-state index in [4.69, 9.17) is 5.73 Å². The summed E-state index contributed by atoms with van der Waals surface area (Å²) in [5.41, 5.74) is 7.89. The molecule has 1 aromatic heterocycles. The first kappa shape index (κ1) is 15.4. The second kappa shape index (κ2) is 7.07. The van der Waals surface area contributed by atoms with E-state index in [0.29, 0.717) is 18.3 Å². The van der Waals surface area contributed by atoms with Gasteiger partial charge in [-0.15, -0.1) is 24.0 Å². The fourth-order valence-electron chi connectivity index (χ4n) is 1.44. The van der Waals surface area contributed by atoms with Crippen molar-refractivity contribution in [1.29, 1.82) is 0 Å². The molecule has 1 aromatic carbocycles. The third-order valence-electron chi connectivity index (χ3n) is 2.36. The molecular formula is C12H17IN6. The molecule has 0 saturated heterocycles. The van der Waals surface area contributed by atoms with Gasteiger partial charge in [0.1, 0.15) is 12.9 Å². The Bertz CT molecular complexity index is 546. The molecule has 0 fully saturated rings. The van der Waals surface area contributed by atoms with Gasteiger partial charge in [0.05, 0.1) is 0 Å². The van der Waals surface area contributed by atoms with Gasteiger partial charge in [-0.05, 0) is 19.1 Å². The summed E-state index contributed by atoms with van der Waals surface area (Å²) in [4.78, 5) is 8.24. The lowest BCUT2D eigenvalue weighted by Crippen LogP contribution is -2.22. The molecule has 0 atom stereocenters. The van der Waals surface area contributed by atoms with Crippen LogP contribution in [0.25, 0.3) is 0 Å². The number of nitrogens with zero attached hydrogens (tertiary/aromatic N) is 4. The van der Waals surface area contributed by atoms with Crippen LogP contribution in [0, 0.1) is 6.92 Å². The highest BCUT2D eigenvalue weighted by molar-refractivity contribution is 14.0. The maximum Gasteiger partial charge on any atom is 0.193 e. The second-order valence-electron chi connectivity index (χ2n) is 4.03. The Labute approximate surface area is 129 Å². The lowest BCUT2D eigenvalue weighted by Gasteiger charge is -2.05. The molecule has 0 radical (unpaired) electrons. The van der Waals surface area contributed by atoms with E-state index in [1.807, 2.05) is 38.2 Å². The Morgan fingerprint density at radius 3 is 2.63 bits per heavy atom. The molecule has 102 valence electrons. The Hall–Kier alpha value is -1.64. The highest BCUT2D eigenvalue weighted by atomic mass is 127. The van der Waals surface area contributed by atoms with Crippen LogP contribution in [0.2, 0.25) is 0 Å². The average molecular weight is 372 g/mol. The maximum absolute atomic E-state index is 5.77. The van der Waals surface area contributed by atoms with Gasteiger partial charge < -0.3 is 11.1 Å². The molecule has 0 unspecified atom stereocenters. The van der Waals surface area contributed by atoms with Crippen LogP contribution in [0.5, 0.6) is 0 Å². The normalized spacial score (nSPS) is 10.9. The maximum atomic E-state index is 5.77. The molecular weight excluding hydrogens is 355 g/mol. The van der Waals surface area contributed by atoms with Gasteiger partial charge in [-0.25, -0.2) is 9.98 Å². The quantitative estimate of drug-likeness (QED) is 0.488. The van der Waals surface area contributed by atoms with Gasteiger partial charge in [0.2, 0.25) is 0 Å². The van der Waals surface area contributed by atoms with Crippen LogP contribution in [-0.2, 0) is 13.6 Å². The molecule has 2 rings (SSSR count). The molecule has 19 heavy (non-hydrogen) atoms. The summed E-state index contributed by atoms with van der Waals surface area (Å²) in [6.07, 6.45) is 1.63. The Balaban J connectivity index is 0.00000180. The van der Waals surface area contributed by atoms with Crippen LogP contribution in [0.4, 0.5) is 5.69 Å². The summed E-state index contributed by atoms with van der Waals surface area (Å²) in [5, 5.41) is 7.13. The largest absolute Gasteiger partial charge is 0.370 e. The lowest BCUT2D eigenvalue weighted by atomic mass is 10.2. The van der Waals surface area contributed by atoms with Crippen LogP contribution in [0.3, 0.4) is 0 Å². The van der Waals surface area contributed by atoms with Crippen LogP contribution >= 0.6 is 24.0 Å². The average Bonchev–Trinajstić information content (AvgIpc) is 2.76. The van der Waals surface area contributed by atoms with Crippen LogP contribution in [0.15, 0.2) is 35.6 Å². The first-order chi connectivity index (χ1) is 8.63. The summed E-state index contributed by atoms with van der Waals surface area (Å²) in [6.45, 7) is 2.40. The van der Waals surface area contributed by atoms with Gasteiger partial charge >= 0.3 is 0 Å². The third-order valence-corrected chi connectivity index (χ3v) is 2.36. The van der Waals surface area contributed by atoms with E-state index in [0.717, 1.165) is 5.69 Å². The number of hydrogen-bond acceptors (Lipinski definition) is 3. The number of nitrogens with one attached hydrogen (secondary N) is 1. The zero-order valence-electron chi connectivity index (χ0n) is 10.9. The molecule has 7 heteroatoms. The van der Waals surface area contributed by atoms with Gasteiger partial charge in [0.15, 0.2) is 11.8 Å². The minimum Gasteiger partial charge on any atom is -0.370 e. The second-order valence-corrected chi connectivity index (χ2v) is 4.03. The van der Waals surface area contributed by atoms with E-state index < -0.39 is 0 Å². The van der Waals surface area contributed by atoms with Crippen molar-refractivity contribution in [1.82, 2.24) is 14.8 Å². The van der Waals surface area contributed by atoms with Crippen molar-refractivity contribution < 1.29 is 0 Å². The number of aliphatic imine (C=N–C) groups is 1. The van der Waals surface area contributed by atoms with E-state index in [9.17, 15) is 0 Å². The van der Waals surface area contributed by atoms with Crippen molar-refractivity contribution in [3.05, 3.63) is 42.0 Å². The fraction of sp³-hybridized carbons (Fsp3) is 0.250. The van der Waals surface area contributed by atoms with Gasteiger partial charge in [0, 0.05) is 12.7 Å². The minimum absolute atomic E-state index is 0. The molecule has 3 N–H and O–H groups in total. The monoisotopic (exact) mass is 372 g/mol. The van der Waals surface area contributed by atoms with E-state index in [1.165, 1.54) is 5.56 Å². The standard InChI is InChI=1S/C12H16N6.HI/c1-9-3-5-10(6-4-9)16-12(13)14-7-11-15-8-18(2)17-11;/h3-6,8H,7H2,1-2H3,(H3,13,14,16);1H. The summed E-state index contributed by atoms with van der Waals surface area (Å²) in [5.74, 6) is 0.998. The molecule has 0 bridgehead atoms. The van der Waals surface area contributed by atoms with Gasteiger partial charge in [-0.3, -0.25) is 4.68 Å². The number of hydrogen-bond donors (Lipinski definition) is 2. The summed E-state index contributed by atoms with van der Waals surface area (Å²) < 4.78 is 1.63. The molecule has 0 spiro atoms. The van der Waals surface area contributed by atoms with E-state index in [-0.39, 0.29) is 24.0 Å². The number of guanidine groups is 1. The smallest absolute Gasteiger partial charge is 0.193 e. The van der Waals surface area contributed by atoms with Crippen molar-refractivity contribution in [2.75, 3.05) is 5.32 Å². The van der Waals surface area contributed by atoms with Gasteiger partial charge in [0.25, 0.3) is 0 Å². The number of benzene rings is 1. The van der Waals surface area contributed by atoms with Gasteiger partial charge in [-0.2, -0.15) is 5.10 Å². The fourth-order valence-corrected chi connectivity index (χ4v) is 1.44. The molecule has 0 aliphatic heterocycles. The van der Waals surface area contributed by atoms with Crippen LogP contribution in [0.1, 0.15) is 11.4 Å². The highest BCUT2D eigenvalue weighted by Gasteiger charge is 1.98. The Morgan fingerprint density at radius 2 is 2.05 bits per heavy atom. The molecule has 6 nitrogen and oxygen atoms in total. The number of aromatic nitrogens is 3. The third kappa shape index (κ3) is 4.86. The number of nitrogens with two attached hydrogens (primary N) is 1. The molecule has 0 aliphatic carbocycles. The van der Waals surface area contributed by atoms with Crippen LogP contribution in [-0.4, -0.2) is 20.7 Å². The van der Waals surface area contributed by atoms with Crippen molar-refractivity contribution >= 4 is 35.6 Å². The van der Waals surface area contributed by atoms with Crippen LogP contribution < -0.4 is 11.1 Å². The predicted molar refractivity (Wildman–Crippen MR) is 86.5 cm³/mol. The minimum atomic E-state index is 0. The molecule has 0 amide bonds. The van der Waals surface area contributed by atoms with Crippen molar-refractivity contribution in [2.45, 2.75) is 13.5 Å². The molecule has 0 saturated carbocycles. The SMILES string of the molecule is Cc1ccc(NC(N)=NCc2ncn(C)n2)cc1.I. The summed E-state index contributed by atoms with van der Waals surface area (Å²) >= 11 is 0. The number of anilines is 1. The lowest BCUT2D eigenvalue weighted by molar-refractivity contribution is 0.742. The van der Waals surface area contributed by atoms with Crippen molar-refractivity contribution in [2.24, 2.45) is 17.8 Å². The first-order valence-electron chi connectivity index (χ1n) is 5.61. The topological polar surface area (TPSA) is 81.1 Å². The Morgan fingerprint density at radius 1 is 1.37 bits per heavy atom. The van der Waals surface area contributed by atoms with E-state index >= 15 is 0 Å². The zero-order valence-corrected chi connectivity index (χ0v) is 13.2. The predicted octanol–water partition coefficient (Wildman–Crippen LogP) is 1.67. The number of rotatable bonds is 3. The Kier molecular flexibility index (Phi) is 5.74. The summed E-state index contributed by atoms with van der Waals surface area (Å²) in [6, 6.07) is 7.93. The first-order valence-corrected chi connectivity index (χ1v) is 5.61. The van der Waals surface area contributed by atoms with E-state index in [1.54, 1.807) is 11.0 Å².